The van der Waals surface area contributed by atoms with Crippen LogP contribution in [-0.2, 0) is 18.6 Å². The minimum atomic E-state index is -0.435. The molecule has 5 heteroatoms. The van der Waals surface area contributed by atoms with Crippen LogP contribution >= 0.6 is 0 Å². The first-order valence-corrected chi connectivity index (χ1v) is 8.43. The van der Waals surface area contributed by atoms with Crippen molar-refractivity contribution in [2.75, 3.05) is 0 Å². The van der Waals surface area contributed by atoms with Gasteiger partial charge in [-0.1, -0.05) is 23.8 Å². The van der Waals surface area contributed by atoms with Crippen LogP contribution < -0.4 is 4.74 Å². The zero-order valence-electron chi connectivity index (χ0n) is 14.7. The maximum absolute atomic E-state index is 10.7. The van der Waals surface area contributed by atoms with Gasteiger partial charge in [0.25, 0.3) is 0 Å². The van der Waals surface area contributed by atoms with Crippen molar-refractivity contribution >= 4 is 0 Å². The van der Waals surface area contributed by atoms with E-state index in [-0.39, 0.29) is 5.75 Å². The number of aryl methyl sites for hydroxylation is 3. The molecule has 25 heavy (non-hydrogen) atoms. The van der Waals surface area contributed by atoms with Crippen molar-refractivity contribution in [3.8, 4) is 22.6 Å². The van der Waals surface area contributed by atoms with Crippen LogP contribution in [0.1, 0.15) is 30.5 Å². The third kappa shape index (κ3) is 2.76. The summed E-state index contributed by atoms with van der Waals surface area (Å²) in [5.74, 6) is 1.00. The van der Waals surface area contributed by atoms with Crippen molar-refractivity contribution in [3.63, 3.8) is 0 Å². The molecule has 0 spiro atoms. The first-order valence-electron chi connectivity index (χ1n) is 8.43. The molecule has 5 nitrogen and oxygen atoms in total. The molecule has 1 aliphatic heterocycles. The Kier molecular flexibility index (Phi) is 3.53. The van der Waals surface area contributed by atoms with Gasteiger partial charge in [0.15, 0.2) is 0 Å². The summed E-state index contributed by atoms with van der Waals surface area (Å²) in [6.45, 7) is 6.94. The number of nitrogens with zero attached hydrogens (tertiary/aromatic N) is 3. The van der Waals surface area contributed by atoms with Crippen LogP contribution in [0.2, 0.25) is 0 Å². The van der Waals surface area contributed by atoms with E-state index in [1.54, 1.807) is 12.7 Å². The number of ether oxygens (including phenoxy) is 1. The minimum absolute atomic E-state index is 0.263. The Morgan fingerprint density at radius 2 is 1.88 bits per heavy atom. The Labute approximate surface area is 146 Å². The highest BCUT2D eigenvalue weighted by Crippen LogP contribution is 2.49. The lowest BCUT2D eigenvalue weighted by molar-refractivity contribution is 0.105. The second-order valence-corrected chi connectivity index (χ2v) is 7.10. The Morgan fingerprint density at radius 1 is 1.12 bits per heavy atom. The molecule has 0 radical (unpaired) electrons. The highest BCUT2D eigenvalue weighted by atomic mass is 16.5. The number of aromatic nitrogens is 3. The predicted octanol–water partition coefficient (Wildman–Crippen LogP) is 3.83. The summed E-state index contributed by atoms with van der Waals surface area (Å²) in [7, 11) is 0. The topological polar surface area (TPSA) is 60.2 Å². The van der Waals surface area contributed by atoms with Gasteiger partial charge in [0.05, 0.1) is 5.56 Å². The molecular formula is C20H21N3O2. The van der Waals surface area contributed by atoms with Crippen LogP contribution in [-0.4, -0.2) is 19.9 Å². The lowest BCUT2D eigenvalue weighted by atomic mass is 9.84. The second-order valence-electron chi connectivity index (χ2n) is 7.10. The Morgan fingerprint density at radius 3 is 2.64 bits per heavy atom. The van der Waals surface area contributed by atoms with Gasteiger partial charge < -0.3 is 14.4 Å². The second kappa shape index (κ2) is 5.62. The fourth-order valence-electron chi connectivity index (χ4n) is 3.47. The number of hydrogen-bond donors (Lipinski definition) is 1. The minimum Gasteiger partial charge on any atom is -0.507 e. The molecule has 0 fully saturated rings. The largest absolute Gasteiger partial charge is 0.507 e. The summed E-state index contributed by atoms with van der Waals surface area (Å²) in [5.41, 5.74) is 4.68. The number of benzene rings is 2. The van der Waals surface area contributed by atoms with Crippen molar-refractivity contribution in [1.82, 2.24) is 14.8 Å². The quantitative estimate of drug-likeness (QED) is 0.790. The molecule has 0 saturated heterocycles. The van der Waals surface area contributed by atoms with E-state index >= 15 is 0 Å². The molecule has 1 N–H and O–H groups in total. The number of fused-ring (bicyclic) bond motifs is 3. The highest BCUT2D eigenvalue weighted by molar-refractivity contribution is 5.82. The molecule has 1 aliphatic rings. The number of phenolic OH excluding ortho intramolecular Hbond substituents is 1. The SMILES string of the molecule is Cc1ccc2c(c1)-c1c(O)cc(CCn3cnnc3)cc1OC2(C)C. The van der Waals surface area contributed by atoms with Gasteiger partial charge in [0, 0.05) is 12.1 Å². The van der Waals surface area contributed by atoms with E-state index < -0.39 is 5.60 Å². The van der Waals surface area contributed by atoms with Gasteiger partial charge in [-0.25, -0.2) is 0 Å². The van der Waals surface area contributed by atoms with Crippen molar-refractivity contribution in [2.45, 2.75) is 39.3 Å². The van der Waals surface area contributed by atoms with E-state index in [1.807, 2.05) is 16.7 Å². The normalized spacial score (nSPS) is 14.5. The summed E-state index contributed by atoms with van der Waals surface area (Å²) < 4.78 is 8.17. The molecule has 3 aromatic rings. The average molecular weight is 335 g/mol. The lowest BCUT2D eigenvalue weighted by Crippen LogP contribution is -2.29. The monoisotopic (exact) mass is 335 g/mol. The summed E-state index contributed by atoms with van der Waals surface area (Å²) in [6, 6.07) is 10.2. The molecule has 4 rings (SSSR count). The Hall–Kier alpha value is -2.82. The molecule has 0 atom stereocenters. The van der Waals surface area contributed by atoms with Crippen LogP contribution in [0.25, 0.3) is 11.1 Å². The summed E-state index contributed by atoms with van der Waals surface area (Å²) in [6.07, 6.45) is 4.15. The fourth-order valence-corrected chi connectivity index (χ4v) is 3.47. The molecule has 1 aromatic heterocycles. The zero-order chi connectivity index (χ0) is 17.6. The standard InChI is InChI=1S/C20H21N3O2/c1-13-4-5-16-15(8-13)19-17(24)9-14(6-7-23-11-21-22-12-23)10-18(19)25-20(16,2)3/h4-5,8-12,24H,6-7H2,1-3H3. The van der Waals surface area contributed by atoms with E-state index in [0.717, 1.165) is 41.0 Å². The van der Waals surface area contributed by atoms with E-state index in [1.165, 1.54) is 5.56 Å². The third-order valence-corrected chi connectivity index (χ3v) is 4.72. The first-order chi connectivity index (χ1) is 11.9. The van der Waals surface area contributed by atoms with E-state index in [9.17, 15) is 5.11 Å². The van der Waals surface area contributed by atoms with E-state index in [4.69, 9.17) is 4.74 Å². The van der Waals surface area contributed by atoms with Gasteiger partial charge in [-0.2, -0.15) is 0 Å². The van der Waals surface area contributed by atoms with Gasteiger partial charge in [-0.05, 0) is 50.5 Å². The van der Waals surface area contributed by atoms with Gasteiger partial charge in [0.1, 0.15) is 29.8 Å². The van der Waals surface area contributed by atoms with Gasteiger partial charge in [-0.3, -0.25) is 0 Å². The van der Waals surface area contributed by atoms with E-state index in [2.05, 4.69) is 49.2 Å². The lowest BCUT2D eigenvalue weighted by Gasteiger charge is -2.35. The van der Waals surface area contributed by atoms with E-state index in [0.29, 0.717) is 0 Å². The highest BCUT2D eigenvalue weighted by Gasteiger charge is 2.34. The number of hydrogen-bond acceptors (Lipinski definition) is 4. The molecule has 2 aromatic carbocycles. The number of aromatic hydroxyl groups is 1. The molecular weight excluding hydrogens is 314 g/mol. The van der Waals surface area contributed by atoms with Crippen molar-refractivity contribution < 1.29 is 9.84 Å². The molecule has 0 saturated carbocycles. The number of phenols is 1. The van der Waals surface area contributed by atoms with Crippen LogP contribution in [0.3, 0.4) is 0 Å². The maximum atomic E-state index is 10.7. The van der Waals surface area contributed by atoms with Crippen LogP contribution in [0, 0.1) is 6.92 Å². The molecule has 128 valence electrons. The Bertz CT molecular complexity index is 930. The zero-order valence-corrected chi connectivity index (χ0v) is 14.7. The third-order valence-electron chi connectivity index (χ3n) is 4.72. The van der Waals surface area contributed by atoms with Crippen molar-refractivity contribution in [3.05, 3.63) is 59.7 Å². The molecule has 0 amide bonds. The van der Waals surface area contributed by atoms with Crippen LogP contribution in [0.15, 0.2) is 43.0 Å². The molecule has 0 unspecified atom stereocenters. The number of rotatable bonds is 3. The fraction of sp³-hybridized carbons (Fsp3) is 0.300. The molecule has 2 heterocycles. The van der Waals surface area contributed by atoms with Crippen molar-refractivity contribution in [2.24, 2.45) is 0 Å². The van der Waals surface area contributed by atoms with Gasteiger partial charge in [0.2, 0.25) is 0 Å². The maximum Gasteiger partial charge on any atom is 0.132 e. The first kappa shape index (κ1) is 15.7. The average Bonchev–Trinajstić information content (AvgIpc) is 3.05. The summed E-state index contributed by atoms with van der Waals surface area (Å²) in [4.78, 5) is 0. The summed E-state index contributed by atoms with van der Waals surface area (Å²) >= 11 is 0. The smallest absolute Gasteiger partial charge is 0.132 e. The van der Waals surface area contributed by atoms with Crippen LogP contribution in [0.4, 0.5) is 0 Å². The summed E-state index contributed by atoms with van der Waals surface area (Å²) in [5, 5.41) is 18.3. The van der Waals surface area contributed by atoms with Crippen LogP contribution in [0.5, 0.6) is 11.5 Å². The molecule has 0 aliphatic carbocycles. The predicted molar refractivity (Wildman–Crippen MR) is 95.7 cm³/mol. The van der Waals surface area contributed by atoms with Gasteiger partial charge in [-0.15, -0.1) is 10.2 Å². The van der Waals surface area contributed by atoms with Gasteiger partial charge >= 0.3 is 0 Å². The molecule has 0 bridgehead atoms. The Balaban J connectivity index is 1.76. The van der Waals surface area contributed by atoms with Crippen molar-refractivity contribution in [1.29, 1.82) is 0 Å².